The minimum Gasteiger partial charge on any atom is -0.368 e. The molecule has 0 saturated carbocycles. The number of hydrogen-bond acceptors (Lipinski definition) is 4. The Hall–Kier alpha value is -1.36. The van der Waals surface area contributed by atoms with Gasteiger partial charge in [0.15, 0.2) is 0 Å². The summed E-state index contributed by atoms with van der Waals surface area (Å²) in [4.78, 5) is 5.56. The van der Waals surface area contributed by atoms with Crippen molar-refractivity contribution in [3.63, 3.8) is 0 Å². The molecule has 0 bridgehead atoms. The number of rotatable bonds is 4. The van der Waals surface area contributed by atoms with Gasteiger partial charge in [0, 0.05) is 37.2 Å². The van der Waals surface area contributed by atoms with Crippen LogP contribution in [0.2, 0.25) is 0 Å². The molecule has 0 spiro atoms. The Kier molecular flexibility index (Phi) is 3.01. The van der Waals surface area contributed by atoms with Crippen molar-refractivity contribution in [2.75, 3.05) is 11.9 Å². The van der Waals surface area contributed by atoms with Crippen LogP contribution >= 0.6 is 11.3 Å². The summed E-state index contributed by atoms with van der Waals surface area (Å²) in [6.07, 6.45) is 2.94. The molecule has 0 aliphatic heterocycles. The molecular formula is C10H14N4S. The van der Waals surface area contributed by atoms with Crippen LogP contribution in [0.3, 0.4) is 0 Å². The number of anilines is 1. The third kappa shape index (κ3) is 2.56. The SMILES string of the molecule is Cc1ncsc1CCNc1ccn(C)n1. The topological polar surface area (TPSA) is 42.7 Å². The van der Waals surface area contributed by atoms with Gasteiger partial charge in [-0.25, -0.2) is 4.98 Å². The lowest BCUT2D eigenvalue weighted by atomic mass is 10.3. The van der Waals surface area contributed by atoms with Crippen LogP contribution in [0.25, 0.3) is 0 Å². The fourth-order valence-electron chi connectivity index (χ4n) is 1.38. The monoisotopic (exact) mass is 222 g/mol. The quantitative estimate of drug-likeness (QED) is 0.858. The lowest BCUT2D eigenvalue weighted by Gasteiger charge is -2.01. The maximum atomic E-state index is 4.25. The number of aryl methyl sites for hydroxylation is 2. The van der Waals surface area contributed by atoms with Crippen molar-refractivity contribution in [2.45, 2.75) is 13.3 Å². The van der Waals surface area contributed by atoms with Gasteiger partial charge in [-0.15, -0.1) is 11.3 Å². The van der Waals surface area contributed by atoms with Crippen molar-refractivity contribution in [1.82, 2.24) is 14.8 Å². The maximum absolute atomic E-state index is 4.25. The van der Waals surface area contributed by atoms with E-state index in [9.17, 15) is 0 Å². The normalized spacial score (nSPS) is 10.5. The highest BCUT2D eigenvalue weighted by molar-refractivity contribution is 7.09. The highest BCUT2D eigenvalue weighted by atomic mass is 32.1. The minimum absolute atomic E-state index is 0.903. The lowest BCUT2D eigenvalue weighted by molar-refractivity contribution is 0.768. The number of aromatic nitrogens is 3. The molecule has 0 aromatic carbocycles. The van der Waals surface area contributed by atoms with E-state index in [-0.39, 0.29) is 0 Å². The van der Waals surface area contributed by atoms with Gasteiger partial charge in [0.2, 0.25) is 0 Å². The smallest absolute Gasteiger partial charge is 0.147 e. The molecule has 2 heterocycles. The first-order valence-electron chi connectivity index (χ1n) is 4.88. The van der Waals surface area contributed by atoms with Crippen LogP contribution in [0, 0.1) is 6.92 Å². The van der Waals surface area contributed by atoms with Gasteiger partial charge in [-0.05, 0) is 6.92 Å². The van der Waals surface area contributed by atoms with E-state index in [0.717, 1.165) is 24.5 Å². The van der Waals surface area contributed by atoms with E-state index in [1.54, 1.807) is 16.0 Å². The minimum atomic E-state index is 0.903. The maximum Gasteiger partial charge on any atom is 0.147 e. The Balaban J connectivity index is 1.83. The molecule has 0 atom stereocenters. The molecule has 0 radical (unpaired) electrons. The Bertz CT molecular complexity index is 432. The van der Waals surface area contributed by atoms with E-state index >= 15 is 0 Å². The molecule has 15 heavy (non-hydrogen) atoms. The third-order valence-electron chi connectivity index (χ3n) is 2.22. The largest absolute Gasteiger partial charge is 0.368 e. The van der Waals surface area contributed by atoms with Crippen LogP contribution in [-0.2, 0) is 13.5 Å². The van der Waals surface area contributed by atoms with E-state index in [0.29, 0.717) is 0 Å². The zero-order chi connectivity index (χ0) is 10.7. The van der Waals surface area contributed by atoms with Crippen LogP contribution < -0.4 is 5.32 Å². The number of nitrogens with zero attached hydrogens (tertiary/aromatic N) is 3. The Morgan fingerprint density at radius 3 is 3.00 bits per heavy atom. The third-order valence-corrected chi connectivity index (χ3v) is 3.21. The number of hydrogen-bond donors (Lipinski definition) is 1. The molecule has 0 aliphatic carbocycles. The highest BCUT2D eigenvalue weighted by Crippen LogP contribution is 2.12. The second kappa shape index (κ2) is 4.44. The second-order valence-corrected chi connectivity index (χ2v) is 4.35. The zero-order valence-corrected chi connectivity index (χ0v) is 9.71. The summed E-state index contributed by atoms with van der Waals surface area (Å²) in [6.45, 7) is 2.95. The van der Waals surface area contributed by atoms with Crippen molar-refractivity contribution in [3.8, 4) is 0 Å². The van der Waals surface area contributed by atoms with Crippen LogP contribution in [0.5, 0.6) is 0 Å². The summed E-state index contributed by atoms with van der Waals surface area (Å²) >= 11 is 1.71. The second-order valence-electron chi connectivity index (χ2n) is 3.41. The van der Waals surface area contributed by atoms with Crippen LogP contribution in [-0.4, -0.2) is 21.3 Å². The van der Waals surface area contributed by atoms with E-state index in [2.05, 4.69) is 15.4 Å². The van der Waals surface area contributed by atoms with E-state index in [4.69, 9.17) is 0 Å². The first-order chi connectivity index (χ1) is 7.25. The van der Waals surface area contributed by atoms with Gasteiger partial charge in [-0.3, -0.25) is 4.68 Å². The Labute approximate surface area is 93.0 Å². The molecule has 0 saturated heterocycles. The molecule has 5 heteroatoms. The predicted octanol–water partition coefficient (Wildman–Crippen LogP) is 1.84. The predicted molar refractivity (Wildman–Crippen MR) is 62.3 cm³/mol. The van der Waals surface area contributed by atoms with Gasteiger partial charge in [0.1, 0.15) is 5.82 Å². The standard InChI is InChI=1S/C10H14N4S/c1-8-9(15-7-12-8)3-5-11-10-4-6-14(2)13-10/h4,6-7H,3,5H2,1-2H3,(H,11,13). The van der Waals surface area contributed by atoms with E-state index in [1.165, 1.54) is 4.88 Å². The van der Waals surface area contributed by atoms with Gasteiger partial charge in [-0.2, -0.15) is 5.10 Å². The van der Waals surface area contributed by atoms with E-state index < -0.39 is 0 Å². The first kappa shape index (κ1) is 10.2. The summed E-state index contributed by atoms with van der Waals surface area (Å²) in [5, 5.41) is 7.52. The average molecular weight is 222 g/mol. The van der Waals surface area contributed by atoms with Gasteiger partial charge in [-0.1, -0.05) is 0 Å². The molecule has 2 rings (SSSR count). The van der Waals surface area contributed by atoms with Crippen molar-refractivity contribution in [2.24, 2.45) is 7.05 Å². The fraction of sp³-hybridized carbons (Fsp3) is 0.400. The summed E-state index contributed by atoms with van der Waals surface area (Å²) in [7, 11) is 1.92. The van der Waals surface area contributed by atoms with Crippen LogP contribution in [0.15, 0.2) is 17.8 Å². The molecule has 2 aromatic rings. The molecule has 2 aromatic heterocycles. The molecule has 1 N–H and O–H groups in total. The molecule has 0 amide bonds. The number of thiazole rings is 1. The number of nitrogens with one attached hydrogen (secondary N) is 1. The first-order valence-corrected chi connectivity index (χ1v) is 5.76. The molecule has 4 nitrogen and oxygen atoms in total. The fourth-order valence-corrected chi connectivity index (χ4v) is 2.16. The molecule has 80 valence electrons. The van der Waals surface area contributed by atoms with Gasteiger partial charge in [0.05, 0.1) is 11.2 Å². The molecule has 0 unspecified atom stereocenters. The summed E-state index contributed by atoms with van der Waals surface area (Å²) in [6, 6.07) is 1.97. The summed E-state index contributed by atoms with van der Waals surface area (Å²) < 4.78 is 1.79. The van der Waals surface area contributed by atoms with Crippen molar-refractivity contribution in [1.29, 1.82) is 0 Å². The molecule has 0 fully saturated rings. The van der Waals surface area contributed by atoms with Crippen molar-refractivity contribution < 1.29 is 0 Å². The Morgan fingerprint density at radius 1 is 1.53 bits per heavy atom. The Morgan fingerprint density at radius 2 is 2.40 bits per heavy atom. The lowest BCUT2D eigenvalue weighted by Crippen LogP contribution is -2.05. The van der Waals surface area contributed by atoms with E-state index in [1.807, 2.05) is 31.7 Å². The van der Waals surface area contributed by atoms with Crippen LogP contribution in [0.1, 0.15) is 10.6 Å². The van der Waals surface area contributed by atoms with Crippen molar-refractivity contribution >= 4 is 17.2 Å². The van der Waals surface area contributed by atoms with Gasteiger partial charge < -0.3 is 5.32 Å². The zero-order valence-electron chi connectivity index (χ0n) is 8.90. The highest BCUT2D eigenvalue weighted by Gasteiger charge is 2.01. The average Bonchev–Trinajstić information content (AvgIpc) is 2.77. The van der Waals surface area contributed by atoms with Crippen molar-refractivity contribution in [3.05, 3.63) is 28.3 Å². The van der Waals surface area contributed by atoms with Gasteiger partial charge in [0.25, 0.3) is 0 Å². The molecular weight excluding hydrogens is 208 g/mol. The summed E-state index contributed by atoms with van der Waals surface area (Å²) in [5.74, 6) is 0.930. The van der Waals surface area contributed by atoms with Crippen LogP contribution in [0.4, 0.5) is 5.82 Å². The molecule has 0 aliphatic rings. The summed E-state index contributed by atoms with van der Waals surface area (Å²) in [5.41, 5.74) is 3.04. The van der Waals surface area contributed by atoms with Gasteiger partial charge >= 0.3 is 0 Å².